The van der Waals surface area contributed by atoms with Gasteiger partial charge in [0.1, 0.15) is 5.75 Å². The molecule has 1 aliphatic heterocycles. The molecule has 1 aromatic rings. The monoisotopic (exact) mass is 239 g/mol. The highest BCUT2D eigenvalue weighted by atomic mass is 35.5. The molecular formula is C12H14ClNO2. The maximum atomic E-state index is 12.1. The summed E-state index contributed by atoms with van der Waals surface area (Å²) in [6.45, 7) is 1.34. The van der Waals surface area contributed by atoms with Crippen molar-refractivity contribution in [2.75, 3.05) is 13.1 Å². The molecule has 1 saturated heterocycles. The van der Waals surface area contributed by atoms with Crippen LogP contribution in [-0.4, -0.2) is 34.4 Å². The second-order valence-corrected chi connectivity index (χ2v) is 4.66. The van der Waals surface area contributed by atoms with Gasteiger partial charge in [-0.25, -0.2) is 0 Å². The van der Waals surface area contributed by atoms with E-state index in [9.17, 15) is 9.90 Å². The first-order chi connectivity index (χ1) is 7.66. The molecule has 0 aliphatic carbocycles. The Kier molecular flexibility index (Phi) is 3.34. The maximum Gasteiger partial charge on any atom is 0.254 e. The molecule has 0 bridgehead atoms. The number of rotatable bonds is 1. The van der Waals surface area contributed by atoms with Crippen LogP contribution in [0.3, 0.4) is 0 Å². The lowest BCUT2D eigenvalue weighted by Crippen LogP contribution is -2.40. The minimum Gasteiger partial charge on any atom is -0.508 e. The molecule has 3 nitrogen and oxygen atoms in total. The molecule has 0 saturated carbocycles. The summed E-state index contributed by atoms with van der Waals surface area (Å²) >= 11 is 6.03. The Morgan fingerprint density at radius 1 is 1.50 bits per heavy atom. The standard InChI is InChI=1S/C12H14ClNO2/c13-10-4-2-6-14(8-10)12(16)9-3-1-5-11(15)7-9/h1,3,5,7,10,15H,2,4,6,8H2. The molecule has 1 amide bonds. The molecule has 1 heterocycles. The molecule has 1 atom stereocenters. The predicted octanol–water partition coefficient (Wildman–Crippen LogP) is 2.24. The molecule has 0 aromatic heterocycles. The highest BCUT2D eigenvalue weighted by Crippen LogP contribution is 2.19. The second-order valence-electron chi connectivity index (χ2n) is 4.04. The Labute approximate surface area is 99.6 Å². The van der Waals surface area contributed by atoms with E-state index >= 15 is 0 Å². The first-order valence-electron chi connectivity index (χ1n) is 5.39. The quantitative estimate of drug-likeness (QED) is 0.764. The largest absolute Gasteiger partial charge is 0.508 e. The Bertz CT molecular complexity index is 394. The van der Waals surface area contributed by atoms with E-state index in [4.69, 9.17) is 11.6 Å². The third kappa shape index (κ3) is 2.47. The van der Waals surface area contributed by atoms with Crippen molar-refractivity contribution in [3.05, 3.63) is 29.8 Å². The summed E-state index contributed by atoms with van der Waals surface area (Å²) in [5, 5.41) is 9.37. The third-order valence-electron chi connectivity index (χ3n) is 2.74. The first-order valence-corrected chi connectivity index (χ1v) is 5.83. The van der Waals surface area contributed by atoms with Crippen molar-refractivity contribution in [2.24, 2.45) is 0 Å². The van der Waals surface area contributed by atoms with Crippen molar-refractivity contribution in [3.8, 4) is 5.75 Å². The lowest BCUT2D eigenvalue weighted by Gasteiger charge is -2.29. The van der Waals surface area contributed by atoms with Gasteiger partial charge in [0, 0.05) is 18.7 Å². The molecule has 86 valence electrons. The summed E-state index contributed by atoms with van der Waals surface area (Å²) in [4.78, 5) is 13.8. The van der Waals surface area contributed by atoms with Crippen LogP contribution < -0.4 is 0 Å². The molecule has 1 fully saturated rings. The highest BCUT2D eigenvalue weighted by molar-refractivity contribution is 6.21. The van der Waals surface area contributed by atoms with Gasteiger partial charge in [-0.3, -0.25) is 4.79 Å². The van der Waals surface area contributed by atoms with Crippen molar-refractivity contribution >= 4 is 17.5 Å². The van der Waals surface area contributed by atoms with Crippen LogP contribution >= 0.6 is 11.6 Å². The summed E-state index contributed by atoms with van der Waals surface area (Å²) in [5.41, 5.74) is 0.519. The Hall–Kier alpha value is -1.22. The number of phenolic OH excluding ortho intramolecular Hbond substituents is 1. The van der Waals surface area contributed by atoms with Gasteiger partial charge in [-0.2, -0.15) is 0 Å². The van der Waals surface area contributed by atoms with Gasteiger partial charge in [0.2, 0.25) is 0 Å². The van der Waals surface area contributed by atoms with Gasteiger partial charge < -0.3 is 10.0 Å². The number of alkyl halides is 1. The number of hydrogen-bond acceptors (Lipinski definition) is 2. The minimum absolute atomic E-state index is 0.0509. The number of benzene rings is 1. The molecule has 2 rings (SSSR count). The predicted molar refractivity (Wildman–Crippen MR) is 62.9 cm³/mol. The fourth-order valence-corrected chi connectivity index (χ4v) is 2.25. The molecule has 0 radical (unpaired) electrons. The average molecular weight is 240 g/mol. The molecule has 16 heavy (non-hydrogen) atoms. The number of likely N-dealkylation sites (tertiary alicyclic amines) is 1. The van der Waals surface area contributed by atoms with Gasteiger partial charge in [-0.05, 0) is 31.0 Å². The smallest absolute Gasteiger partial charge is 0.254 e. The van der Waals surface area contributed by atoms with Crippen LogP contribution in [0.4, 0.5) is 0 Å². The summed E-state index contributed by atoms with van der Waals surface area (Å²) in [7, 11) is 0. The molecular weight excluding hydrogens is 226 g/mol. The van der Waals surface area contributed by atoms with Crippen LogP contribution in [0.15, 0.2) is 24.3 Å². The fraction of sp³-hybridized carbons (Fsp3) is 0.417. The minimum atomic E-state index is -0.0544. The molecule has 0 spiro atoms. The maximum absolute atomic E-state index is 12.1. The van der Waals surface area contributed by atoms with E-state index in [0.717, 1.165) is 19.4 Å². The van der Waals surface area contributed by atoms with Gasteiger partial charge in [0.05, 0.1) is 5.38 Å². The number of carbonyl (C=O) groups is 1. The summed E-state index contributed by atoms with van der Waals surface area (Å²) in [6.07, 6.45) is 1.91. The number of piperidine rings is 1. The van der Waals surface area contributed by atoms with E-state index in [-0.39, 0.29) is 17.0 Å². The molecule has 1 aliphatic rings. The lowest BCUT2D eigenvalue weighted by atomic mass is 10.1. The number of amides is 1. The van der Waals surface area contributed by atoms with Crippen LogP contribution in [0, 0.1) is 0 Å². The van der Waals surface area contributed by atoms with Gasteiger partial charge in [-0.1, -0.05) is 6.07 Å². The van der Waals surface area contributed by atoms with E-state index in [1.165, 1.54) is 6.07 Å². The molecule has 1 unspecified atom stereocenters. The van der Waals surface area contributed by atoms with E-state index in [1.54, 1.807) is 23.1 Å². The number of halogens is 1. The van der Waals surface area contributed by atoms with Gasteiger partial charge >= 0.3 is 0 Å². The van der Waals surface area contributed by atoms with Crippen LogP contribution in [-0.2, 0) is 0 Å². The fourth-order valence-electron chi connectivity index (χ4n) is 1.93. The number of phenols is 1. The zero-order chi connectivity index (χ0) is 11.5. The van der Waals surface area contributed by atoms with Gasteiger partial charge in [0.15, 0.2) is 0 Å². The summed E-state index contributed by atoms with van der Waals surface area (Å²) < 4.78 is 0. The van der Waals surface area contributed by atoms with Crippen molar-refractivity contribution in [1.82, 2.24) is 4.90 Å². The average Bonchev–Trinajstić information content (AvgIpc) is 2.28. The zero-order valence-corrected chi connectivity index (χ0v) is 9.65. The zero-order valence-electron chi connectivity index (χ0n) is 8.90. The highest BCUT2D eigenvalue weighted by Gasteiger charge is 2.23. The van der Waals surface area contributed by atoms with E-state index in [1.807, 2.05) is 0 Å². The van der Waals surface area contributed by atoms with Crippen LogP contribution in [0.25, 0.3) is 0 Å². The normalized spacial score (nSPS) is 20.8. The van der Waals surface area contributed by atoms with Crippen molar-refractivity contribution in [1.29, 1.82) is 0 Å². The van der Waals surface area contributed by atoms with E-state index in [2.05, 4.69) is 0 Å². The van der Waals surface area contributed by atoms with Crippen LogP contribution in [0.2, 0.25) is 0 Å². The topological polar surface area (TPSA) is 40.5 Å². The molecule has 1 N–H and O–H groups in total. The second kappa shape index (κ2) is 4.74. The van der Waals surface area contributed by atoms with Crippen LogP contribution in [0.5, 0.6) is 5.75 Å². The number of hydrogen-bond donors (Lipinski definition) is 1. The first kappa shape index (κ1) is 11.3. The number of aromatic hydroxyl groups is 1. The Morgan fingerprint density at radius 2 is 2.31 bits per heavy atom. The third-order valence-corrected chi connectivity index (χ3v) is 3.10. The van der Waals surface area contributed by atoms with Crippen molar-refractivity contribution < 1.29 is 9.90 Å². The van der Waals surface area contributed by atoms with E-state index < -0.39 is 0 Å². The lowest BCUT2D eigenvalue weighted by molar-refractivity contribution is 0.0726. The molecule has 1 aromatic carbocycles. The van der Waals surface area contributed by atoms with Crippen LogP contribution in [0.1, 0.15) is 23.2 Å². The number of carbonyl (C=O) groups excluding carboxylic acids is 1. The summed E-state index contributed by atoms with van der Waals surface area (Å²) in [5.74, 6) is 0.0616. The van der Waals surface area contributed by atoms with E-state index in [0.29, 0.717) is 12.1 Å². The van der Waals surface area contributed by atoms with Crippen molar-refractivity contribution in [2.45, 2.75) is 18.2 Å². The SMILES string of the molecule is O=C(c1cccc(O)c1)N1CCCC(Cl)C1. The van der Waals surface area contributed by atoms with Gasteiger partial charge in [-0.15, -0.1) is 11.6 Å². The van der Waals surface area contributed by atoms with Crippen molar-refractivity contribution in [3.63, 3.8) is 0 Å². The number of nitrogens with zero attached hydrogens (tertiary/aromatic N) is 1. The summed E-state index contributed by atoms with van der Waals surface area (Å²) in [6, 6.07) is 6.42. The molecule has 4 heteroatoms. The Morgan fingerprint density at radius 3 is 3.00 bits per heavy atom. The van der Waals surface area contributed by atoms with Gasteiger partial charge in [0.25, 0.3) is 5.91 Å². The Balaban J connectivity index is 2.12.